The summed E-state index contributed by atoms with van der Waals surface area (Å²) >= 11 is 6.11. The van der Waals surface area contributed by atoms with E-state index in [4.69, 9.17) is 16.3 Å². The van der Waals surface area contributed by atoms with Gasteiger partial charge in [0.2, 0.25) is 0 Å². The summed E-state index contributed by atoms with van der Waals surface area (Å²) in [6, 6.07) is 28.3. The van der Waals surface area contributed by atoms with Crippen LogP contribution in [0.25, 0.3) is 22.4 Å². The Bertz CT molecular complexity index is 1260. The number of pyridine rings is 1. The molecule has 1 aromatic heterocycles. The highest BCUT2D eigenvalue weighted by atomic mass is 35.5. The van der Waals surface area contributed by atoms with E-state index in [1.807, 2.05) is 72.8 Å². The number of esters is 1. The molecule has 0 saturated heterocycles. The van der Waals surface area contributed by atoms with Crippen molar-refractivity contribution >= 4 is 17.6 Å². The van der Waals surface area contributed by atoms with Gasteiger partial charge in [0.1, 0.15) is 5.56 Å². The fourth-order valence-corrected chi connectivity index (χ4v) is 3.72. The Morgan fingerprint density at radius 2 is 1.48 bits per heavy atom. The number of hydrogen-bond acceptors (Lipinski definition) is 3. The van der Waals surface area contributed by atoms with E-state index < -0.39 is 11.5 Å². The van der Waals surface area contributed by atoms with E-state index in [9.17, 15) is 9.59 Å². The molecule has 4 rings (SSSR count). The van der Waals surface area contributed by atoms with Crippen molar-refractivity contribution in [3.05, 3.63) is 117 Å². The molecule has 0 fully saturated rings. The van der Waals surface area contributed by atoms with Crippen LogP contribution in [0.2, 0.25) is 5.02 Å². The number of carbonyl (C=O) groups is 1. The van der Waals surface area contributed by atoms with Gasteiger partial charge in [-0.2, -0.15) is 0 Å². The third-order valence-electron chi connectivity index (χ3n) is 5.08. The Morgan fingerprint density at radius 1 is 0.871 bits per heavy atom. The zero-order valence-electron chi connectivity index (χ0n) is 16.9. The number of halogens is 1. The Morgan fingerprint density at radius 3 is 2.10 bits per heavy atom. The molecule has 31 heavy (non-hydrogen) atoms. The van der Waals surface area contributed by atoms with Crippen molar-refractivity contribution in [3.8, 4) is 22.4 Å². The maximum absolute atomic E-state index is 13.5. The highest BCUT2D eigenvalue weighted by Crippen LogP contribution is 2.33. The summed E-state index contributed by atoms with van der Waals surface area (Å²) in [4.78, 5) is 25.9. The average Bonchev–Trinajstić information content (AvgIpc) is 2.81. The van der Waals surface area contributed by atoms with Gasteiger partial charge in [-0.1, -0.05) is 84.4 Å². The standard InChI is InChI=1S/C26H20ClNO3/c1-31-26(30)23-16-22(19-10-6-3-7-11-19)24(20-12-14-21(27)15-13-20)28(25(23)29)17-18-8-4-2-5-9-18/h2-16H,17H2,1H3. The van der Waals surface area contributed by atoms with Crippen LogP contribution in [0.1, 0.15) is 15.9 Å². The third kappa shape index (κ3) is 4.30. The summed E-state index contributed by atoms with van der Waals surface area (Å²) in [5.74, 6) is -0.661. The van der Waals surface area contributed by atoms with E-state index in [1.54, 1.807) is 22.8 Å². The van der Waals surface area contributed by atoms with Gasteiger partial charge < -0.3 is 9.30 Å². The van der Waals surface area contributed by atoms with Gasteiger partial charge in [0, 0.05) is 10.6 Å². The summed E-state index contributed by atoms with van der Waals surface area (Å²) in [6.45, 7) is 0.308. The molecule has 0 aliphatic carbocycles. The average molecular weight is 430 g/mol. The van der Waals surface area contributed by atoms with Gasteiger partial charge in [0.25, 0.3) is 5.56 Å². The van der Waals surface area contributed by atoms with Gasteiger partial charge in [-0.3, -0.25) is 4.79 Å². The molecule has 0 unspecified atom stereocenters. The maximum atomic E-state index is 13.5. The molecule has 1 heterocycles. The number of hydrogen-bond donors (Lipinski definition) is 0. The summed E-state index contributed by atoms with van der Waals surface area (Å²) in [6.07, 6.45) is 0. The van der Waals surface area contributed by atoms with E-state index in [0.29, 0.717) is 17.3 Å². The van der Waals surface area contributed by atoms with Crippen LogP contribution in [-0.2, 0) is 11.3 Å². The van der Waals surface area contributed by atoms with Crippen LogP contribution in [0.4, 0.5) is 0 Å². The lowest BCUT2D eigenvalue weighted by atomic mass is 9.96. The highest BCUT2D eigenvalue weighted by molar-refractivity contribution is 6.30. The molecule has 0 radical (unpaired) electrons. The van der Waals surface area contributed by atoms with Crippen molar-refractivity contribution in [2.24, 2.45) is 0 Å². The molecular formula is C26H20ClNO3. The number of ether oxygens (including phenoxy) is 1. The van der Waals surface area contributed by atoms with Gasteiger partial charge in [-0.15, -0.1) is 0 Å². The Balaban J connectivity index is 2.07. The SMILES string of the molecule is COC(=O)c1cc(-c2ccccc2)c(-c2ccc(Cl)cc2)n(Cc2ccccc2)c1=O. The highest BCUT2D eigenvalue weighted by Gasteiger charge is 2.22. The molecule has 154 valence electrons. The van der Waals surface area contributed by atoms with Gasteiger partial charge in [0.15, 0.2) is 0 Å². The van der Waals surface area contributed by atoms with Crippen LogP contribution in [0.3, 0.4) is 0 Å². The number of methoxy groups -OCH3 is 1. The van der Waals surface area contributed by atoms with Crippen LogP contribution < -0.4 is 5.56 Å². The minimum Gasteiger partial charge on any atom is -0.465 e. The van der Waals surface area contributed by atoms with E-state index in [-0.39, 0.29) is 5.56 Å². The topological polar surface area (TPSA) is 48.3 Å². The summed E-state index contributed by atoms with van der Waals surface area (Å²) in [5, 5.41) is 0.605. The van der Waals surface area contributed by atoms with Gasteiger partial charge >= 0.3 is 5.97 Å². The van der Waals surface area contributed by atoms with Crippen molar-refractivity contribution in [2.75, 3.05) is 7.11 Å². The first-order chi connectivity index (χ1) is 15.1. The van der Waals surface area contributed by atoms with Crippen molar-refractivity contribution in [1.82, 2.24) is 4.57 Å². The summed E-state index contributed by atoms with van der Waals surface area (Å²) in [7, 11) is 1.28. The zero-order valence-corrected chi connectivity index (χ0v) is 17.7. The zero-order chi connectivity index (χ0) is 21.8. The monoisotopic (exact) mass is 429 g/mol. The molecule has 0 aliphatic heterocycles. The minimum atomic E-state index is -0.661. The van der Waals surface area contributed by atoms with Gasteiger partial charge in [-0.05, 0) is 34.9 Å². The lowest BCUT2D eigenvalue weighted by molar-refractivity contribution is 0.0598. The van der Waals surface area contributed by atoms with Crippen molar-refractivity contribution in [1.29, 1.82) is 0 Å². The van der Waals surface area contributed by atoms with Crippen LogP contribution in [0, 0.1) is 0 Å². The lowest BCUT2D eigenvalue weighted by Gasteiger charge is -2.20. The molecule has 0 aliphatic rings. The Kier molecular flexibility index (Phi) is 6.01. The molecule has 0 bridgehead atoms. The molecule has 4 nitrogen and oxygen atoms in total. The second-order valence-electron chi connectivity index (χ2n) is 7.06. The Labute approximate surface area is 185 Å². The normalized spacial score (nSPS) is 10.6. The second kappa shape index (κ2) is 9.02. The van der Waals surface area contributed by atoms with E-state index in [0.717, 1.165) is 22.3 Å². The second-order valence-corrected chi connectivity index (χ2v) is 7.50. The van der Waals surface area contributed by atoms with E-state index >= 15 is 0 Å². The quantitative estimate of drug-likeness (QED) is 0.384. The van der Waals surface area contributed by atoms with Crippen molar-refractivity contribution < 1.29 is 9.53 Å². The molecule has 4 aromatic rings. The van der Waals surface area contributed by atoms with Crippen molar-refractivity contribution in [2.45, 2.75) is 6.54 Å². The molecule has 0 saturated carbocycles. The predicted molar refractivity (Wildman–Crippen MR) is 123 cm³/mol. The van der Waals surface area contributed by atoms with Crippen LogP contribution in [0.5, 0.6) is 0 Å². The first-order valence-corrected chi connectivity index (χ1v) is 10.2. The molecule has 0 atom stereocenters. The largest absolute Gasteiger partial charge is 0.465 e. The molecule has 0 spiro atoms. The number of rotatable bonds is 5. The first kappa shape index (κ1) is 20.6. The lowest BCUT2D eigenvalue weighted by Crippen LogP contribution is -2.29. The van der Waals surface area contributed by atoms with E-state index in [2.05, 4.69) is 0 Å². The maximum Gasteiger partial charge on any atom is 0.343 e. The Hall–Kier alpha value is -3.63. The molecule has 0 amide bonds. The predicted octanol–water partition coefficient (Wildman–Crippen LogP) is 5.67. The van der Waals surface area contributed by atoms with Gasteiger partial charge in [0.05, 0.1) is 19.3 Å². The fourth-order valence-electron chi connectivity index (χ4n) is 3.60. The first-order valence-electron chi connectivity index (χ1n) is 9.80. The van der Waals surface area contributed by atoms with Crippen LogP contribution in [0.15, 0.2) is 95.8 Å². The molecule has 5 heteroatoms. The van der Waals surface area contributed by atoms with Crippen LogP contribution in [-0.4, -0.2) is 17.6 Å². The number of aromatic nitrogens is 1. The third-order valence-corrected chi connectivity index (χ3v) is 5.33. The molecule has 0 N–H and O–H groups in total. The van der Waals surface area contributed by atoms with Crippen molar-refractivity contribution in [3.63, 3.8) is 0 Å². The molecule has 3 aromatic carbocycles. The van der Waals surface area contributed by atoms with Gasteiger partial charge in [-0.25, -0.2) is 4.79 Å². The minimum absolute atomic E-state index is 0.00463. The number of benzene rings is 3. The molecular weight excluding hydrogens is 410 g/mol. The van der Waals surface area contributed by atoms with E-state index in [1.165, 1.54) is 7.11 Å². The number of carbonyl (C=O) groups excluding carboxylic acids is 1. The summed E-state index contributed by atoms with van der Waals surface area (Å²) < 4.78 is 6.54. The summed E-state index contributed by atoms with van der Waals surface area (Å²) in [5.41, 5.74) is 3.73. The fraction of sp³-hybridized carbons (Fsp3) is 0.0769. The van der Waals surface area contributed by atoms with Crippen LogP contribution >= 0.6 is 11.6 Å². The smallest absolute Gasteiger partial charge is 0.343 e. The number of nitrogens with zero attached hydrogens (tertiary/aromatic N) is 1.